The molecule has 2 N–H and O–H groups in total. The molecule has 2 heterocycles. The molecule has 1 aromatic heterocycles. The van der Waals surface area contributed by atoms with E-state index in [4.69, 9.17) is 0 Å². The molecule has 1 amide bonds. The Morgan fingerprint density at radius 1 is 1.30 bits per heavy atom. The molecule has 1 fully saturated rings. The summed E-state index contributed by atoms with van der Waals surface area (Å²) < 4.78 is 1.78. The van der Waals surface area contributed by atoms with Crippen LogP contribution in [0, 0.1) is 0 Å². The lowest BCUT2D eigenvalue weighted by Crippen LogP contribution is -2.41. The highest BCUT2D eigenvalue weighted by Gasteiger charge is 2.21. The summed E-state index contributed by atoms with van der Waals surface area (Å²) in [5.41, 5.74) is 2.25. The molecule has 1 saturated heterocycles. The zero-order chi connectivity index (χ0) is 14.5. The normalized spacial score (nSPS) is 16.3. The number of benzene rings is 1. The van der Waals surface area contributed by atoms with Crippen molar-refractivity contribution in [2.75, 3.05) is 11.6 Å². The standard InChI is InChI=1S/C14H17N5OS.2ClH/c20-14(13-7-21-10-17-13)16-5-11-1-3-12(4-2-11)6-19-9-15-8-18-19;;/h1-4,8-9,13,17H,5-7,10H2,(H,16,20);2*1H. The van der Waals surface area contributed by atoms with Crippen LogP contribution in [0.5, 0.6) is 0 Å². The van der Waals surface area contributed by atoms with Gasteiger partial charge in [0.15, 0.2) is 0 Å². The van der Waals surface area contributed by atoms with Crippen molar-refractivity contribution in [3.8, 4) is 0 Å². The van der Waals surface area contributed by atoms with Gasteiger partial charge in [-0.2, -0.15) is 5.10 Å². The Bertz CT molecular complexity index is 588. The summed E-state index contributed by atoms with van der Waals surface area (Å²) in [7, 11) is 0. The van der Waals surface area contributed by atoms with Crippen molar-refractivity contribution >= 4 is 42.5 Å². The van der Waals surface area contributed by atoms with Gasteiger partial charge in [0.1, 0.15) is 12.7 Å². The number of nitrogens with one attached hydrogen (secondary N) is 2. The fraction of sp³-hybridized carbons (Fsp3) is 0.357. The van der Waals surface area contributed by atoms with Crippen LogP contribution in [0.2, 0.25) is 0 Å². The lowest BCUT2D eigenvalue weighted by Gasteiger charge is -2.10. The Hall–Kier alpha value is -1.28. The van der Waals surface area contributed by atoms with E-state index in [1.165, 1.54) is 6.33 Å². The molecule has 3 rings (SSSR count). The number of carbonyl (C=O) groups excluding carboxylic acids is 1. The lowest BCUT2D eigenvalue weighted by molar-refractivity contribution is -0.122. The second kappa shape index (κ2) is 9.77. The minimum Gasteiger partial charge on any atom is -0.351 e. The molecule has 0 saturated carbocycles. The number of amides is 1. The summed E-state index contributed by atoms with van der Waals surface area (Å²) in [6.45, 7) is 1.27. The first kappa shape index (κ1) is 19.8. The summed E-state index contributed by atoms with van der Waals surface area (Å²) >= 11 is 1.75. The van der Waals surface area contributed by atoms with Crippen LogP contribution in [0.4, 0.5) is 0 Å². The van der Waals surface area contributed by atoms with Crippen molar-refractivity contribution in [1.29, 1.82) is 0 Å². The number of thioether (sulfide) groups is 1. The van der Waals surface area contributed by atoms with E-state index in [1.807, 2.05) is 24.3 Å². The highest BCUT2D eigenvalue weighted by atomic mass is 35.5. The highest BCUT2D eigenvalue weighted by molar-refractivity contribution is 7.99. The average molecular weight is 376 g/mol. The molecular formula is C14H19Cl2N5OS. The van der Waals surface area contributed by atoms with Crippen LogP contribution in [0.15, 0.2) is 36.9 Å². The first-order valence-corrected chi connectivity index (χ1v) is 7.96. The smallest absolute Gasteiger partial charge is 0.238 e. The summed E-state index contributed by atoms with van der Waals surface area (Å²) in [5, 5.41) is 10.2. The first-order valence-electron chi connectivity index (χ1n) is 6.80. The molecule has 1 aromatic carbocycles. The molecule has 126 valence electrons. The third kappa shape index (κ3) is 5.69. The molecule has 1 aliphatic rings. The van der Waals surface area contributed by atoms with E-state index in [9.17, 15) is 4.79 Å². The molecule has 0 radical (unpaired) electrons. The van der Waals surface area contributed by atoms with Crippen LogP contribution in [-0.4, -0.2) is 38.3 Å². The average Bonchev–Trinajstić information content (AvgIpc) is 3.19. The van der Waals surface area contributed by atoms with Crippen LogP contribution in [-0.2, 0) is 17.9 Å². The molecule has 1 unspecified atom stereocenters. The summed E-state index contributed by atoms with van der Waals surface area (Å²) in [6, 6.07) is 8.11. The van der Waals surface area contributed by atoms with Gasteiger partial charge in [-0.3, -0.25) is 10.1 Å². The fourth-order valence-corrected chi connectivity index (χ4v) is 3.08. The Kier molecular flexibility index (Phi) is 8.40. The maximum atomic E-state index is 11.9. The number of halogens is 2. The second-order valence-electron chi connectivity index (χ2n) is 4.90. The Balaban J connectivity index is 0.00000132. The van der Waals surface area contributed by atoms with Crippen molar-refractivity contribution in [3.05, 3.63) is 48.0 Å². The summed E-state index contributed by atoms with van der Waals surface area (Å²) in [6.07, 6.45) is 3.22. The van der Waals surface area contributed by atoms with E-state index < -0.39 is 0 Å². The summed E-state index contributed by atoms with van der Waals surface area (Å²) in [4.78, 5) is 15.8. The molecule has 0 bridgehead atoms. The molecule has 0 aliphatic carbocycles. The van der Waals surface area contributed by atoms with Crippen LogP contribution in [0.3, 0.4) is 0 Å². The summed E-state index contributed by atoms with van der Waals surface area (Å²) in [5.74, 6) is 1.78. The van der Waals surface area contributed by atoms with Crippen LogP contribution < -0.4 is 10.6 Å². The Labute approximate surface area is 151 Å². The molecule has 6 nitrogen and oxygen atoms in total. The Morgan fingerprint density at radius 2 is 2.04 bits per heavy atom. The number of hydrogen-bond donors (Lipinski definition) is 2. The van der Waals surface area contributed by atoms with Gasteiger partial charge in [0, 0.05) is 18.2 Å². The van der Waals surface area contributed by atoms with E-state index in [1.54, 1.807) is 22.8 Å². The minimum absolute atomic E-state index is 0. The molecule has 1 atom stereocenters. The maximum absolute atomic E-state index is 11.9. The van der Waals surface area contributed by atoms with Crippen molar-refractivity contribution in [2.24, 2.45) is 0 Å². The minimum atomic E-state index is -0.0541. The van der Waals surface area contributed by atoms with Gasteiger partial charge in [0.2, 0.25) is 5.91 Å². The third-order valence-electron chi connectivity index (χ3n) is 3.33. The highest BCUT2D eigenvalue weighted by Crippen LogP contribution is 2.10. The molecule has 23 heavy (non-hydrogen) atoms. The number of aromatic nitrogens is 3. The van der Waals surface area contributed by atoms with Gasteiger partial charge in [0.05, 0.1) is 12.6 Å². The van der Waals surface area contributed by atoms with Gasteiger partial charge in [-0.25, -0.2) is 9.67 Å². The van der Waals surface area contributed by atoms with Gasteiger partial charge >= 0.3 is 0 Å². The van der Waals surface area contributed by atoms with E-state index in [0.717, 1.165) is 22.8 Å². The topological polar surface area (TPSA) is 71.8 Å². The predicted octanol–water partition coefficient (Wildman–Crippen LogP) is 1.45. The monoisotopic (exact) mass is 375 g/mol. The zero-order valence-corrected chi connectivity index (χ0v) is 14.8. The SMILES string of the molecule is Cl.Cl.O=C(NCc1ccc(Cn2cncn2)cc1)C1CSCN1. The first-order chi connectivity index (χ1) is 10.3. The number of nitrogens with zero attached hydrogens (tertiary/aromatic N) is 3. The molecule has 1 aliphatic heterocycles. The quantitative estimate of drug-likeness (QED) is 0.827. The number of carbonyl (C=O) groups is 1. The Morgan fingerprint density at radius 3 is 2.65 bits per heavy atom. The molecule has 0 spiro atoms. The lowest BCUT2D eigenvalue weighted by atomic mass is 10.1. The molecular weight excluding hydrogens is 357 g/mol. The van der Waals surface area contributed by atoms with Gasteiger partial charge < -0.3 is 5.32 Å². The van der Waals surface area contributed by atoms with E-state index in [2.05, 4.69) is 20.7 Å². The number of hydrogen-bond acceptors (Lipinski definition) is 5. The predicted molar refractivity (Wildman–Crippen MR) is 96.2 cm³/mol. The number of rotatable bonds is 5. The fourth-order valence-electron chi connectivity index (χ4n) is 2.14. The van der Waals surface area contributed by atoms with Crippen LogP contribution in [0.25, 0.3) is 0 Å². The van der Waals surface area contributed by atoms with Crippen LogP contribution >= 0.6 is 36.6 Å². The van der Waals surface area contributed by atoms with Gasteiger partial charge in [-0.05, 0) is 11.1 Å². The van der Waals surface area contributed by atoms with E-state index >= 15 is 0 Å². The van der Waals surface area contributed by atoms with Crippen molar-refractivity contribution in [2.45, 2.75) is 19.1 Å². The second-order valence-corrected chi connectivity index (χ2v) is 5.93. The van der Waals surface area contributed by atoms with E-state index in [-0.39, 0.29) is 36.8 Å². The van der Waals surface area contributed by atoms with Crippen molar-refractivity contribution < 1.29 is 4.79 Å². The van der Waals surface area contributed by atoms with Gasteiger partial charge in [-0.15, -0.1) is 36.6 Å². The molecule has 2 aromatic rings. The largest absolute Gasteiger partial charge is 0.351 e. The van der Waals surface area contributed by atoms with Gasteiger partial charge in [-0.1, -0.05) is 24.3 Å². The van der Waals surface area contributed by atoms with Crippen molar-refractivity contribution in [3.63, 3.8) is 0 Å². The maximum Gasteiger partial charge on any atom is 0.238 e. The van der Waals surface area contributed by atoms with Crippen molar-refractivity contribution in [1.82, 2.24) is 25.4 Å². The van der Waals surface area contributed by atoms with Gasteiger partial charge in [0.25, 0.3) is 0 Å². The zero-order valence-electron chi connectivity index (χ0n) is 12.3. The van der Waals surface area contributed by atoms with Crippen LogP contribution in [0.1, 0.15) is 11.1 Å². The van der Waals surface area contributed by atoms with E-state index in [0.29, 0.717) is 13.1 Å². The molecule has 9 heteroatoms. The third-order valence-corrected chi connectivity index (χ3v) is 4.27.